The summed E-state index contributed by atoms with van der Waals surface area (Å²) in [5.74, 6) is -1.48. The Kier molecular flexibility index (Phi) is 5.86. The maximum atomic E-state index is 12.2. The van der Waals surface area contributed by atoms with Crippen LogP contribution in [0, 0.1) is 0 Å². The molecule has 0 saturated heterocycles. The predicted molar refractivity (Wildman–Crippen MR) is 94.4 cm³/mol. The molecular weight excluding hydrogens is 362 g/mol. The third-order valence-electron chi connectivity index (χ3n) is 3.91. The van der Waals surface area contributed by atoms with Gasteiger partial charge in [0.1, 0.15) is 0 Å². The highest BCUT2D eigenvalue weighted by atomic mass is 32.2. The van der Waals surface area contributed by atoms with Gasteiger partial charge in [-0.3, -0.25) is 14.4 Å². The average Bonchev–Trinajstić information content (AvgIpc) is 2.59. The molecule has 0 aromatic heterocycles. The van der Waals surface area contributed by atoms with Crippen LogP contribution >= 0.6 is 0 Å². The van der Waals surface area contributed by atoms with Crippen molar-refractivity contribution in [3.63, 3.8) is 0 Å². The Morgan fingerprint density at radius 3 is 2.58 bits per heavy atom. The predicted octanol–water partition coefficient (Wildman–Crippen LogP) is 0.400. The fraction of sp³-hybridized carbons (Fsp3) is 0.438. The summed E-state index contributed by atoms with van der Waals surface area (Å²) in [6.45, 7) is 1.74. The number of urea groups is 1. The Labute approximate surface area is 151 Å². The number of fused-ring (bicyclic) bond motifs is 1. The van der Waals surface area contributed by atoms with Crippen LogP contribution in [0.15, 0.2) is 18.2 Å². The first-order chi connectivity index (χ1) is 12.1. The molecule has 1 aromatic rings. The number of nitrogens with one attached hydrogen (secondary N) is 2. The SMILES string of the molecule is CNC(=O)NC(=O)[C@@H](C)OC(=O)c1ccc2c(c1)CCCN2S(C)(=O)=O. The van der Waals surface area contributed by atoms with Gasteiger partial charge in [0.2, 0.25) is 10.0 Å². The Bertz CT molecular complexity index is 836. The number of anilines is 1. The van der Waals surface area contributed by atoms with Crippen LogP contribution in [-0.2, 0) is 26.0 Å². The summed E-state index contributed by atoms with van der Waals surface area (Å²) < 4.78 is 30.1. The fourth-order valence-electron chi connectivity index (χ4n) is 2.59. The first kappa shape index (κ1) is 19.7. The van der Waals surface area contributed by atoms with E-state index in [1.165, 1.54) is 24.3 Å². The van der Waals surface area contributed by atoms with Gasteiger partial charge in [-0.15, -0.1) is 0 Å². The summed E-state index contributed by atoms with van der Waals surface area (Å²) in [7, 11) is -2.04. The summed E-state index contributed by atoms with van der Waals surface area (Å²) >= 11 is 0. The Balaban J connectivity index is 2.14. The van der Waals surface area contributed by atoms with Gasteiger partial charge in [-0.1, -0.05) is 0 Å². The third-order valence-corrected chi connectivity index (χ3v) is 5.09. The molecule has 0 unspecified atom stereocenters. The van der Waals surface area contributed by atoms with Crippen molar-refractivity contribution in [3.8, 4) is 0 Å². The number of sulfonamides is 1. The molecule has 1 atom stereocenters. The molecule has 10 heteroatoms. The van der Waals surface area contributed by atoms with Crippen molar-refractivity contribution < 1.29 is 27.5 Å². The van der Waals surface area contributed by atoms with Crippen molar-refractivity contribution in [1.82, 2.24) is 10.6 Å². The van der Waals surface area contributed by atoms with Gasteiger partial charge in [0.15, 0.2) is 6.10 Å². The normalized spacial score (nSPS) is 14.8. The number of carbonyl (C=O) groups is 3. The molecule has 0 radical (unpaired) electrons. The largest absolute Gasteiger partial charge is 0.449 e. The summed E-state index contributed by atoms with van der Waals surface area (Å²) in [6, 6.07) is 3.88. The van der Waals surface area contributed by atoms with E-state index in [9.17, 15) is 22.8 Å². The first-order valence-corrected chi connectivity index (χ1v) is 9.82. The second-order valence-corrected chi connectivity index (χ2v) is 7.80. The Morgan fingerprint density at radius 2 is 1.96 bits per heavy atom. The molecule has 0 spiro atoms. The monoisotopic (exact) mass is 383 g/mol. The summed E-state index contributed by atoms with van der Waals surface area (Å²) in [5.41, 5.74) is 1.47. The molecule has 0 fully saturated rings. The molecule has 2 rings (SSSR count). The number of hydrogen-bond donors (Lipinski definition) is 2. The van der Waals surface area contributed by atoms with Crippen LogP contribution in [0.5, 0.6) is 0 Å². The van der Waals surface area contributed by atoms with E-state index in [0.29, 0.717) is 25.1 Å². The highest BCUT2D eigenvalue weighted by molar-refractivity contribution is 7.92. The van der Waals surface area contributed by atoms with E-state index in [-0.39, 0.29) is 5.56 Å². The second-order valence-electron chi connectivity index (χ2n) is 5.90. The first-order valence-electron chi connectivity index (χ1n) is 7.97. The van der Waals surface area contributed by atoms with Crippen LogP contribution in [0.3, 0.4) is 0 Å². The minimum atomic E-state index is -3.39. The van der Waals surface area contributed by atoms with Crippen molar-refractivity contribution in [2.75, 3.05) is 24.2 Å². The number of hydrogen-bond acceptors (Lipinski definition) is 6. The van der Waals surface area contributed by atoms with Crippen LogP contribution in [-0.4, -0.2) is 52.3 Å². The number of rotatable bonds is 4. The molecule has 1 aromatic carbocycles. The number of imide groups is 1. The zero-order valence-electron chi connectivity index (χ0n) is 14.7. The molecular formula is C16H21N3O6S. The van der Waals surface area contributed by atoms with E-state index in [1.807, 2.05) is 5.32 Å². The van der Waals surface area contributed by atoms with Crippen LogP contribution in [0.25, 0.3) is 0 Å². The zero-order valence-corrected chi connectivity index (χ0v) is 15.6. The maximum absolute atomic E-state index is 12.2. The lowest BCUT2D eigenvalue weighted by molar-refractivity contribution is -0.127. The van der Waals surface area contributed by atoms with E-state index >= 15 is 0 Å². The molecule has 1 aliphatic rings. The smallest absolute Gasteiger partial charge is 0.338 e. The molecule has 2 N–H and O–H groups in total. The van der Waals surface area contributed by atoms with Crippen molar-refractivity contribution >= 4 is 33.6 Å². The quantitative estimate of drug-likeness (QED) is 0.726. The molecule has 1 heterocycles. The molecule has 9 nitrogen and oxygen atoms in total. The number of esters is 1. The molecule has 3 amide bonds. The minimum Gasteiger partial charge on any atom is -0.449 e. The summed E-state index contributed by atoms with van der Waals surface area (Å²) in [5, 5.41) is 4.24. The van der Waals surface area contributed by atoms with Crippen LogP contribution in [0.1, 0.15) is 29.3 Å². The minimum absolute atomic E-state index is 0.207. The van der Waals surface area contributed by atoms with Gasteiger partial charge < -0.3 is 10.1 Å². The molecule has 0 saturated carbocycles. The highest BCUT2D eigenvalue weighted by Gasteiger charge is 2.26. The van der Waals surface area contributed by atoms with Crippen molar-refractivity contribution in [2.45, 2.75) is 25.9 Å². The van der Waals surface area contributed by atoms with Gasteiger partial charge in [-0.25, -0.2) is 18.0 Å². The average molecular weight is 383 g/mol. The fourth-order valence-corrected chi connectivity index (χ4v) is 3.59. The summed E-state index contributed by atoms with van der Waals surface area (Å²) in [4.78, 5) is 35.1. The van der Waals surface area contributed by atoms with Gasteiger partial charge in [-0.2, -0.15) is 0 Å². The number of carbonyl (C=O) groups excluding carboxylic acids is 3. The van der Waals surface area contributed by atoms with Gasteiger partial charge in [0, 0.05) is 13.6 Å². The number of amides is 3. The van der Waals surface area contributed by atoms with Crippen molar-refractivity contribution in [1.29, 1.82) is 0 Å². The van der Waals surface area contributed by atoms with Gasteiger partial charge in [0.05, 0.1) is 17.5 Å². The lowest BCUT2D eigenvalue weighted by Gasteiger charge is -2.29. The molecule has 0 aliphatic carbocycles. The van der Waals surface area contributed by atoms with Crippen LogP contribution < -0.4 is 14.9 Å². The van der Waals surface area contributed by atoms with Crippen molar-refractivity contribution in [2.24, 2.45) is 0 Å². The topological polar surface area (TPSA) is 122 Å². The lowest BCUT2D eigenvalue weighted by Crippen LogP contribution is -2.43. The molecule has 1 aliphatic heterocycles. The number of benzene rings is 1. The summed E-state index contributed by atoms with van der Waals surface area (Å²) in [6.07, 6.45) is 1.25. The van der Waals surface area contributed by atoms with Gasteiger partial charge in [-0.05, 0) is 43.5 Å². The second kappa shape index (κ2) is 7.73. The number of ether oxygens (including phenoxy) is 1. The highest BCUT2D eigenvalue weighted by Crippen LogP contribution is 2.30. The Morgan fingerprint density at radius 1 is 1.27 bits per heavy atom. The maximum Gasteiger partial charge on any atom is 0.338 e. The molecule has 142 valence electrons. The van der Waals surface area contributed by atoms with Crippen LogP contribution in [0.4, 0.5) is 10.5 Å². The zero-order chi connectivity index (χ0) is 19.5. The number of aryl methyl sites for hydroxylation is 1. The van der Waals surface area contributed by atoms with E-state index in [4.69, 9.17) is 4.74 Å². The third kappa shape index (κ3) is 4.51. The van der Waals surface area contributed by atoms with E-state index in [0.717, 1.165) is 11.8 Å². The van der Waals surface area contributed by atoms with E-state index < -0.39 is 34.0 Å². The van der Waals surface area contributed by atoms with Gasteiger partial charge in [0.25, 0.3) is 5.91 Å². The van der Waals surface area contributed by atoms with E-state index in [1.54, 1.807) is 12.1 Å². The van der Waals surface area contributed by atoms with E-state index in [2.05, 4.69) is 5.32 Å². The standard InChI is InChI=1S/C16H21N3O6S/c1-10(14(20)18-16(22)17-2)25-15(21)12-6-7-13-11(9-12)5-4-8-19(13)26(3,23)24/h6-7,9-10H,4-5,8H2,1-3H3,(H2,17,18,20,22)/t10-/m1/s1. The van der Waals surface area contributed by atoms with Crippen molar-refractivity contribution in [3.05, 3.63) is 29.3 Å². The molecule has 26 heavy (non-hydrogen) atoms. The molecule has 0 bridgehead atoms. The number of nitrogens with zero attached hydrogens (tertiary/aromatic N) is 1. The lowest BCUT2D eigenvalue weighted by atomic mass is 10.0. The van der Waals surface area contributed by atoms with Gasteiger partial charge >= 0.3 is 12.0 Å². The van der Waals surface area contributed by atoms with Crippen LogP contribution in [0.2, 0.25) is 0 Å². The Hall–Kier alpha value is -2.62.